The van der Waals surface area contributed by atoms with Crippen LogP contribution in [0, 0.1) is 0 Å². The smallest absolute Gasteiger partial charge is 0.261 e. The summed E-state index contributed by atoms with van der Waals surface area (Å²) in [6, 6.07) is 9.48. The second-order valence-corrected chi connectivity index (χ2v) is 6.96. The summed E-state index contributed by atoms with van der Waals surface area (Å²) < 4.78 is 2.45. The molecular formula is C14H12ClN3OS2. The van der Waals surface area contributed by atoms with E-state index in [1.807, 2.05) is 34.5 Å². The number of carbonyl (C=O) groups excluding carboxylic acids is 1. The lowest BCUT2D eigenvalue weighted by molar-refractivity contribution is 0.0956. The van der Waals surface area contributed by atoms with Crippen molar-refractivity contribution in [1.29, 1.82) is 0 Å². The van der Waals surface area contributed by atoms with E-state index in [1.54, 1.807) is 23.5 Å². The van der Waals surface area contributed by atoms with Gasteiger partial charge in [-0.15, -0.1) is 22.7 Å². The molecule has 1 N–H and O–H groups in total. The monoisotopic (exact) mass is 337 g/mol. The number of thiophene rings is 2. The van der Waals surface area contributed by atoms with Crippen LogP contribution in [0.4, 0.5) is 0 Å². The highest BCUT2D eigenvalue weighted by Crippen LogP contribution is 2.22. The van der Waals surface area contributed by atoms with Crippen molar-refractivity contribution in [2.75, 3.05) is 6.54 Å². The van der Waals surface area contributed by atoms with E-state index < -0.39 is 0 Å². The second-order valence-electron chi connectivity index (χ2n) is 4.30. The highest BCUT2D eigenvalue weighted by Gasteiger charge is 2.08. The van der Waals surface area contributed by atoms with Gasteiger partial charge in [-0.05, 0) is 29.6 Å². The summed E-state index contributed by atoms with van der Waals surface area (Å²) >= 11 is 8.75. The van der Waals surface area contributed by atoms with Gasteiger partial charge in [-0.1, -0.05) is 17.7 Å². The van der Waals surface area contributed by atoms with Crippen molar-refractivity contribution in [3.63, 3.8) is 0 Å². The summed E-state index contributed by atoms with van der Waals surface area (Å²) in [6.45, 7) is 1.16. The Hall–Kier alpha value is -1.63. The summed E-state index contributed by atoms with van der Waals surface area (Å²) in [5.74, 6) is -0.0995. The zero-order chi connectivity index (χ0) is 14.7. The second kappa shape index (κ2) is 6.43. The molecular weight excluding hydrogens is 326 g/mol. The number of hydrogen-bond donors (Lipinski definition) is 1. The topological polar surface area (TPSA) is 46.9 Å². The van der Waals surface area contributed by atoms with Crippen LogP contribution in [0.3, 0.4) is 0 Å². The maximum atomic E-state index is 11.9. The van der Waals surface area contributed by atoms with Gasteiger partial charge in [-0.2, -0.15) is 5.10 Å². The summed E-state index contributed by atoms with van der Waals surface area (Å²) in [4.78, 5) is 13.6. The number of carbonyl (C=O) groups is 1. The van der Waals surface area contributed by atoms with E-state index in [0.29, 0.717) is 22.3 Å². The van der Waals surface area contributed by atoms with Crippen molar-refractivity contribution in [3.05, 3.63) is 51.1 Å². The minimum absolute atomic E-state index is 0.0995. The molecule has 3 heterocycles. The number of nitrogens with one attached hydrogen (secondary N) is 1. The third-order valence-corrected chi connectivity index (χ3v) is 4.96. The lowest BCUT2D eigenvalue weighted by Gasteiger charge is -2.03. The molecule has 3 aromatic rings. The van der Waals surface area contributed by atoms with Crippen molar-refractivity contribution in [1.82, 2.24) is 15.1 Å². The van der Waals surface area contributed by atoms with Crippen LogP contribution in [0.25, 0.3) is 10.6 Å². The maximum Gasteiger partial charge on any atom is 0.261 e. The molecule has 0 atom stereocenters. The molecule has 0 aliphatic heterocycles. The fourth-order valence-corrected chi connectivity index (χ4v) is 3.50. The number of halogens is 1. The normalized spacial score (nSPS) is 10.7. The third-order valence-electron chi connectivity index (χ3n) is 2.84. The predicted octanol–water partition coefficient (Wildman–Crippen LogP) is 3.76. The lowest BCUT2D eigenvalue weighted by atomic mass is 10.3. The minimum Gasteiger partial charge on any atom is -0.349 e. The Morgan fingerprint density at radius 3 is 2.95 bits per heavy atom. The van der Waals surface area contributed by atoms with Crippen LogP contribution >= 0.6 is 34.3 Å². The molecule has 0 unspecified atom stereocenters. The van der Waals surface area contributed by atoms with Gasteiger partial charge in [-0.3, -0.25) is 9.48 Å². The zero-order valence-corrected chi connectivity index (χ0v) is 13.3. The minimum atomic E-state index is -0.0995. The molecule has 21 heavy (non-hydrogen) atoms. The van der Waals surface area contributed by atoms with Gasteiger partial charge in [-0.25, -0.2) is 0 Å². The highest BCUT2D eigenvalue weighted by molar-refractivity contribution is 7.18. The molecule has 0 aliphatic rings. The average molecular weight is 338 g/mol. The molecule has 0 aliphatic carbocycles. The lowest BCUT2D eigenvalue weighted by Crippen LogP contribution is -2.26. The van der Waals surface area contributed by atoms with Gasteiger partial charge in [0, 0.05) is 12.7 Å². The molecule has 0 radical (unpaired) electrons. The van der Waals surface area contributed by atoms with E-state index in [9.17, 15) is 4.79 Å². The summed E-state index contributed by atoms with van der Waals surface area (Å²) in [7, 11) is 0. The molecule has 4 nitrogen and oxygen atoms in total. The third kappa shape index (κ3) is 3.53. The van der Waals surface area contributed by atoms with Crippen molar-refractivity contribution in [2.24, 2.45) is 0 Å². The van der Waals surface area contributed by atoms with Crippen LogP contribution in [0.15, 0.2) is 41.9 Å². The van der Waals surface area contributed by atoms with E-state index in [-0.39, 0.29) is 5.91 Å². The molecule has 7 heteroatoms. The summed E-state index contributed by atoms with van der Waals surface area (Å²) in [6.07, 6.45) is 1.92. The van der Waals surface area contributed by atoms with Crippen LogP contribution in [-0.2, 0) is 6.54 Å². The standard InChI is InChI=1S/C14H12ClN3OS2/c15-13-4-3-12(21-13)14(19)16-6-8-18-7-5-10(17-18)11-2-1-9-20-11/h1-5,7,9H,6,8H2,(H,16,19). The van der Waals surface area contributed by atoms with Gasteiger partial charge in [0.25, 0.3) is 5.91 Å². The van der Waals surface area contributed by atoms with Gasteiger partial charge in [0.05, 0.1) is 20.6 Å². The largest absolute Gasteiger partial charge is 0.349 e. The van der Waals surface area contributed by atoms with Gasteiger partial charge < -0.3 is 5.32 Å². The molecule has 0 fully saturated rings. The number of rotatable bonds is 5. The molecule has 0 saturated heterocycles. The van der Waals surface area contributed by atoms with E-state index in [1.165, 1.54) is 11.3 Å². The molecule has 0 bridgehead atoms. The van der Waals surface area contributed by atoms with Crippen molar-refractivity contribution < 1.29 is 4.79 Å². The molecule has 3 rings (SSSR count). The predicted molar refractivity (Wildman–Crippen MR) is 87.2 cm³/mol. The van der Waals surface area contributed by atoms with Gasteiger partial charge in [0.15, 0.2) is 0 Å². The van der Waals surface area contributed by atoms with Crippen LogP contribution in [0.1, 0.15) is 9.67 Å². The first-order valence-electron chi connectivity index (χ1n) is 6.33. The fourth-order valence-electron chi connectivity index (χ4n) is 1.85. The van der Waals surface area contributed by atoms with E-state index in [2.05, 4.69) is 10.4 Å². The van der Waals surface area contributed by atoms with Crippen molar-refractivity contribution >= 4 is 40.2 Å². The Bertz CT molecular complexity index is 733. The average Bonchev–Trinajstić information content (AvgIpc) is 3.19. The van der Waals surface area contributed by atoms with Crippen LogP contribution < -0.4 is 5.32 Å². The quantitative estimate of drug-likeness (QED) is 0.770. The number of aromatic nitrogens is 2. The summed E-state index contributed by atoms with van der Waals surface area (Å²) in [5.41, 5.74) is 0.960. The molecule has 0 spiro atoms. The van der Waals surface area contributed by atoms with E-state index in [4.69, 9.17) is 11.6 Å². The Kier molecular flexibility index (Phi) is 4.38. The molecule has 1 amide bonds. The van der Waals surface area contributed by atoms with E-state index in [0.717, 1.165) is 10.6 Å². The van der Waals surface area contributed by atoms with Gasteiger partial charge in [0.1, 0.15) is 5.69 Å². The first-order chi connectivity index (χ1) is 10.2. The number of nitrogens with zero attached hydrogens (tertiary/aromatic N) is 2. The Balaban J connectivity index is 1.53. The van der Waals surface area contributed by atoms with Gasteiger partial charge in [0.2, 0.25) is 0 Å². The number of amides is 1. The summed E-state index contributed by atoms with van der Waals surface area (Å²) in [5, 5.41) is 9.37. The Morgan fingerprint density at radius 1 is 1.33 bits per heavy atom. The molecule has 0 saturated carbocycles. The maximum absolute atomic E-state index is 11.9. The highest BCUT2D eigenvalue weighted by atomic mass is 35.5. The molecule has 3 aromatic heterocycles. The zero-order valence-electron chi connectivity index (χ0n) is 11.0. The molecule has 0 aromatic carbocycles. The van der Waals surface area contributed by atoms with Crippen LogP contribution in [0.2, 0.25) is 4.34 Å². The van der Waals surface area contributed by atoms with Crippen LogP contribution in [-0.4, -0.2) is 22.2 Å². The first kappa shape index (κ1) is 14.3. The fraction of sp³-hybridized carbons (Fsp3) is 0.143. The SMILES string of the molecule is O=C(NCCn1ccc(-c2cccs2)n1)c1ccc(Cl)s1. The van der Waals surface area contributed by atoms with E-state index >= 15 is 0 Å². The Morgan fingerprint density at radius 2 is 2.24 bits per heavy atom. The van der Waals surface area contributed by atoms with Crippen molar-refractivity contribution in [2.45, 2.75) is 6.54 Å². The van der Waals surface area contributed by atoms with Crippen molar-refractivity contribution in [3.8, 4) is 10.6 Å². The van der Waals surface area contributed by atoms with Gasteiger partial charge >= 0.3 is 0 Å². The first-order valence-corrected chi connectivity index (χ1v) is 8.40. The Labute approximate surface area is 135 Å². The van der Waals surface area contributed by atoms with Crippen LogP contribution in [0.5, 0.6) is 0 Å². The number of hydrogen-bond acceptors (Lipinski definition) is 4. The molecule has 108 valence electrons.